The molecule has 0 rings (SSSR count). The minimum Gasteiger partial charge on any atom is -0.449 e. The summed E-state index contributed by atoms with van der Waals surface area (Å²) in [5.74, 6) is -1.07. The van der Waals surface area contributed by atoms with Crippen LogP contribution in [0.1, 0.15) is 0 Å². The third kappa shape index (κ3) is 4.64. The van der Waals surface area contributed by atoms with Crippen LogP contribution in [0.5, 0.6) is 0 Å². The number of carbonyl (C=O) groups is 3. The highest BCUT2D eigenvalue weighted by Gasteiger charge is 2.12. The van der Waals surface area contributed by atoms with Crippen molar-refractivity contribution in [2.24, 2.45) is 0 Å². The van der Waals surface area contributed by atoms with Crippen LogP contribution in [-0.4, -0.2) is 23.4 Å². The van der Waals surface area contributed by atoms with Crippen molar-refractivity contribution >= 4 is 18.3 Å². The molecular formula is C5H4O6. The normalized spacial score (nSPS) is 8.00. The van der Waals surface area contributed by atoms with Gasteiger partial charge in [0, 0.05) is 6.08 Å². The van der Waals surface area contributed by atoms with Crippen LogP contribution in [-0.2, 0) is 14.3 Å². The van der Waals surface area contributed by atoms with Gasteiger partial charge in [-0.3, -0.25) is 0 Å². The lowest BCUT2D eigenvalue weighted by molar-refractivity contribution is -0.133. The number of carboxylic acid groups (broad SMARTS) is 1. The fourth-order valence-electron chi connectivity index (χ4n) is 0.216. The number of hydrogen-bond acceptors (Lipinski definition) is 5. The summed E-state index contributed by atoms with van der Waals surface area (Å²) in [5, 5.41) is 7.81. The molecule has 6 nitrogen and oxygen atoms in total. The fraction of sp³-hybridized carbons (Fsp3) is 0. The lowest BCUT2D eigenvalue weighted by Crippen LogP contribution is -2.14. The quantitative estimate of drug-likeness (QED) is 0.342. The molecule has 0 radical (unpaired) electrons. The summed E-state index contributed by atoms with van der Waals surface area (Å²) in [7, 11) is 0. The van der Waals surface area contributed by atoms with E-state index in [0.717, 1.165) is 0 Å². The van der Waals surface area contributed by atoms with Gasteiger partial charge in [-0.25, -0.2) is 14.4 Å². The van der Waals surface area contributed by atoms with Gasteiger partial charge in [-0.1, -0.05) is 6.58 Å². The van der Waals surface area contributed by atoms with Crippen molar-refractivity contribution in [3.05, 3.63) is 12.7 Å². The largest absolute Gasteiger partial charge is 0.526 e. The zero-order valence-electron chi connectivity index (χ0n) is 5.27. The molecule has 0 saturated carbocycles. The van der Waals surface area contributed by atoms with Gasteiger partial charge < -0.3 is 14.6 Å². The third-order valence-corrected chi connectivity index (χ3v) is 0.521. The molecule has 11 heavy (non-hydrogen) atoms. The number of ether oxygens (including phenoxy) is 2. The van der Waals surface area contributed by atoms with Gasteiger partial charge in [0.2, 0.25) is 0 Å². The van der Waals surface area contributed by atoms with Gasteiger partial charge in [-0.05, 0) is 0 Å². The van der Waals surface area contributed by atoms with Gasteiger partial charge in [0.1, 0.15) is 0 Å². The van der Waals surface area contributed by atoms with E-state index in [0.29, 0.717) is 6.08 Å². The first-order valence-corrected chi connectivity index (χ1v) is 2.35. The molecule has 1 N–H and O–H groups in total. The molecule has 0 aliphatic carbocycles. The zero-order chi connectivity index (χ0) is 8.85. The molecule has 0 aliphatic heterocycles. The van der Waals surface area contributed by atoms with Crippen molar-refractivity contribution in [2.75, 3.05) is 0 Å². The molecule has 0 heterocycles. The molecule has 0 spiro atoms. The average Bonchev–Trinajstić information content (AvgIpc) is 1.85. The van der Waals surface area contributed by atoms with Crippen LogP contribution in [0.25, 0.3) is 0 Å². The Hall–Kier alpha value is -1.85. The molecular weight excluding hydrogens is 156 g/mol. The summed E-state index contributed by atoms with van der Waals surface area (Å²) in [6.07, 6.45) is -2.74. The molecule has 60 valence electrons. The number of esters is 1. The molecule has 0 amide bonds. The van der Waals surface area contributed by atoms with Gasteiger partial charge >= 0.3 is 18.3 Å². The van der Waals surface area contributed by atoms with Crippen LogP contribution >= 0.6 is 0 Å². The maximum Gasteiger partial charge on any atom is 0.526 e. The van der Waals surface area contributed by atoms with Crippen molar-refractivity contribution in [2.45, 2.75) is 0 Å². The van der Waals surface area contributed by atoms with Crippen molar-refractivity contribution in [1.82, 2.24) is 0 Å². The highest BCUT2D eigenvalue weighted by Crippen LogP contribution is 1.87. The second-order valence-corrected chi connectivity index (χ2v) is 1.24. The summed E-state index contributed by atoms with van der Waals surface area (Å²) < 4.78 is 7.12. The Morgan fingerprint density at radius 1 is 1.27 bits per heavy atom. The summed E-state index contributed by atoms with van der Waals surface area (Å²) in [4.78, 5) is 29.9. The van der Waals surface area contributed by atoms with Crippen LogP contribution in [0.3, 0.4) is 0 Å². The van der Waals surface area contributed by atoms with Crippen molar-refractivity contribution in [1.29, 1.82) is 0 Å². The van der Waals surface area contributed by atoms with E-state index in [4.69, 9.17) is 5.11 Å². The molecule has 6 heteroatoms. The van der Waals surface area contributed by atoms with Crippen LogP contribution in [0.2, 0.25) is 0 Å². The first-order valence-electron chi connectivity index (χ1n) is 2.35. The first-order chi connectivity index (χ1) is 5.06. The highest BCUT2D eigenvalue weighted by atomic mass is 16.8. The third-order valence-electron chi connectivity index (χ3n) is 0.521. The lowest BCUT2D eigenvalue weighted by Gasteiger charge is -1.95. The maximum absolute atomic E-state index is 10.2. The van der Waals surface area contributed by atoms with Crippen molar-refractivity contribution in [3.8, 4) is 0 Å². The summed E-state index contributed by atoms with van der Waals surface area (Å²) in [6.45, 7) is 2.96. The number of carbonyl (C=O) groups excluding carboxylic acids is 2. The lowest BCUT2D eigenvalue weighted by atomic mass is 10.7. The topological polar surface area (TPSA) is 89.9 Å². The van der Waals surface area contributed by atoms with Crippen LogP contribution in [0, 0.1) is 0 Å². The second kappa shape index (κ2) is 4.04. The first kappa shape index (κ1) is 9.15. The monoisotopic (exact) mass is 160 g/mol. The average molecular weight is 160 g/mol. The molecule has 0 bridgehead atoms. The Bertz CT molecular complexity index is 205. The number of rotatable bonds is 1. The standard InChI is InChI=1S/C5H4O6/c1-2-3(6)10-5(9)11-4(7)8/h2H,1H2,(H,7,8). The minimum atomic E-state index is -1.84. The van der Waals surface area contributed by atoms with Crippen molar-refractivity contribution in [3.63, 3.8) is 0 Å². The van der Waals surface area contributed by atoms with E-state index in [1.54, 1.807) is 0 Å². The predicted molar refractivity (Wildman–Crippen MR) is 30.8 cm³/mol. The smallest absolute Gasteiger partial charge is 0.449 e. The van der Waals surface area contributed by atoms with E-state index in [1.807, 2.05) is 0 Å². The SMILES string of the molecule is C=CC(=O)OC(=O)OC(=O)O. The molecule has 0 aliphatic rings. The molecule has 0 aromatic carbocycles. The molecule has 0 unspecified atom stereocenters. The minimum absolute atomic E-state index is 0.698. The van der Waals surface area contributed by atoms with Crippen LogP contribution < -0.4 is 0 Å². The van der Waals surface area contributed by atoms with Gasteiger partial charge in [0.05, 0.1) is 0 Å². The van der Waals surface area contributed by atoms with E-state index in [9.17, 15) is 14.4 Å². The maximum atomic E-state index is 10.2. The van der Waals surface area contributed by atoms with E-state index < -0.39 is 18.3 Å². The number of hydrogen-bond donors (Lipinski definition) is 1. The zero-order valence-corrected chi connectivity index (χ0v) is 5.27. The Balaban J connectivity index is 3.78. The van der Waals surface area contributed by atoms with E-state index in [2.05, 4.69) is 16.1 Å². The predicted octanol–water partition coefficient (Wildman–Crippen LogP) is 0.530. The summed E-state index contributed by atoms with van der Waals surface area (Å²) in [6, 6.07) is 0. The Labute approximate surface area is 61.0 Å². The molecule has 0 aromatic rings. The Kier molecular flexibility index (Phi) is 3.36. The molecule has 0 aromatic heterocycles. The fourth-order valence-corrected chi connectivity index (χ4v) is 0.216. The summed E-state index contributed by atoms with van der Waals surface area (Å²) in [5.41, 5.74) is 0. The Morgan fingerprint density at radius 3 is 2.18 bits per heavy atom. The highest BCUT2D eigenvalue weighted by molar-refractivity contribution is 5.91. The van der Waals surface area contributed by atoms with E-state index in [1.165, 1.54) is 0 Å². The van der Waals surface area contributed by atoms with Crippen LogP contribution in [0.15, 0.2) is 12.7 Å². The Morgan fingerprint density at radius 2 is 1.82 bits per heavy atom. The second-order valence-electron chi connectivity index (χ2n) is 1.24. The van der Waals surface area contributed by atoms with Crippen molar-refractivity contribution < 1.29 is 29.0 Å². The van der Waals surface area contributed by atoms with Gasteiger partial charge in [-0.15, -0.1) is 0 Å². The van der Waals surface area contributed by atoms with Gasteiger partial charge in [0.15, 0.2) is 0 Å². The van der Waals surface area contributed by atoms with E-state index in [-0.39, 0.29) is 0 Å². The van der Waals surface area contributed by atoms with E-state index >= 15 is 0 Å². The van der Waals surface area contributed by atoms with Gasteiger partial charge in [0.25, 0.3) is 0 Å². The van der Waals surface area contributed by atoms with Crippen LogP contribution in [0.4, 0.5) is 9.59 Å². The molecule has 0 saturated heterocycles. The van der Waals surface area contributed by atoms with Gasteiger partial charge in [-0.2, -0.15) is 0 Å². The summed E-state index contributed by atoms with van der Waals surface area (Å²) >= 11 is 0. The molecule has 0 atom stereocenters. The molecule has 0 fully saturated rings.